The fraction of sp³-hybridized carbons (Fsp3) is 0.316. The normalized spacial score (nSPS) is 12.2. The largest absolute Gasteiger partial charge is 0.496 e. The summed E-state index contributed by atoms with van der Waals surface area (Å²) in [5, 5.41) is 0. The molecule has 0 aromatic heterocycles. The highest BCUT2D eigenvalue weighted by atomic mass is 79.9. The van der Waals surface area contributed by atoms with Crippen LogP contribution >= 0.6 is 31.9 Å². The molecule has 1 heterocycles. The SMILES string of the molecule is COc1ccc(CCN(Cc2cc3c(cc2Br)OCO3)C(C)=O)cc1Br. The standard InChI is InChI=1S/C19H19Br2NO4/c1-12(23)22(6-5-13-3-4-17(24-2)16(21)7-13)10-14-8-18-19(9-15(14)20)26-11-25-18/h3-4,7-9H,5-6,10-11H2,1-2H3. The lowest BCUT2D eigenvalue weighted by Crippen LogP contribution is -2.30. The van der Waals surface area contributed by atoms with Gasteiger partial charge in [-0.1, -0.05) is 22.0 Å². The fourth-order valence-electron chi connectivity index (χ4n) is 2.76. The monoisotopic (exact) mass is 483 g/mol. The molecule has 0 bridgehead atoms. The van der Waals surface area contributed by atoms with Gasteiger partial charge in [-0.25, -0.2) is 0 Å². The fourth-order valence-corrected chi connectivity index (χ4v) is 3.80. The van der Waals surface area contributed by atoms with Crippen molar-refractivity contribution in [3.8, 4) is 17.2 Å². The minimum atomic E-state index is 0.0298. The highest BCUT2D eigenvalue weighted by molar-refractivity contribution is 9.10. The molecule has 1 aliphatic heterocycles. The van der Waals surface area contributed by atoms with Crippen molar-refractivity contribution in [3.05, 3.63) is 50.4 Å². The van der Waals surface area contributed by atoms with Crippen molar-refractivity contribution in [2.45, 2.75) is 19.9 Å². The number of benzene rings is 2. The van der Waals surface area contributed by atoms with Crippen LogP contribution in [0.15, 0.2) is 39.3 Å². The minimum absolute atomic E-state index is 0.0298. The van der Waals surface area contributed by atoms with Gasteiger partial charge in [0.25, 0.3) is 0 Å². The Morgan fingerprint density at radius 3 is 2.54 bits per heavy atom. The van der Waals surface area contributed by atoms with Gasteiger partial charge in [-0.15, -0.1) is 0 Å². The molecule has 3 rings (SSSR count). The molecule has 0 unspecified atom stereocenters. The summed E-state index contributed by atoms with van der Waals surface area (Å²) < 4.78 is 17.9. The van der Waals surface area contributed by atoms with Crippen LogP contribution in [0.25, 0.3) is 0 Å². The summed E-state index contributed by atoms with van der Waals surface area (Å²) in [6, 6.07) is 9.76. The van der Waals surface area contributed by atoms with Crippen LogP contribution in [0.2, 0.25) is 0 Å². The van der Waals surface area contributed by atoms with Crippen LogP contribution in [0.4, 0.5) is 0 Å². The highest BCUT2D eigenvalue weighted by Gasteiger charge is 2.19. The lowest BCUT2D eigenvalue weighted by atomic mass is 10.1. The maximum absolute atomic E-state index is 12.1. The van der Waals surface area contributed by atoms with Gasteiger partial charge in [0.1, 0.15) is 5.75 Å². The zero-order valence-electron chi connectivity index (χ0n) is 14.6. The molecule has 2 aromatic carbocycles. The van der Waals surface area contributed by atoms with Crippen LogP contribution in [0.3, 0.4) is 0 Å². The number of hydrogen-bond acceptors (Lipinski definition) is 4. The second kappa shape index (κ2) is 8.31. The maximum Gasteiger partial charge on any atom is 0.231 e. The molecule has 0 fully saturated rings. The van der Waals surface area contributed by atoms with Crippen LogP contribution in [-0.4, -0.2) is 31.3 Å². The van der Waals surface area contributed by atoms with E-state index in [1.807, 2.05) is 35.2 Å². The Morgan fingerprint density at radius 1 is 1.15 bits per heavy atom. The van der Waals surface area contributed by atoms with Crippen molar-refractivity contribution in [2.75, 3.05) is 20.4 Å². The highest BCUT2D eigenvalue weighted by Crippen LogP contribution is 2.37. The first-order valence-corrected chi connectivity index (χ1v) is 9.72. The van der Waals surface area contributed by atoms with Crippen molar-refractivity contribution >= 4 is 37.8 Å². The molecule has 1 amide bonds. The average Bonchev–Trinajstić information content (AvgIpc) is 3.05. The summed E-state index contributed by atoms with van der Waals surface area (Å²) in [6.07, 6.45) is 0.754. The lowest BCUT2D eigenvalue weighted by Gasteiger charge is -2.22. The summed E-state index contributed by atoms with van der Waals surface area (Å²) in [4.78, 5) is 13.9. The van der Waals surface area contributed by atoms with Gasteiger partial charge in [-0.3, -0.25) is 4.79 Å². The Hall–Kier alpha value is -1.73. The summed E-state index contributed by atoms with van der Waals surface area (Å²) in [6.45, 7) is 2.94. The van der Waals surface area contributed by atoms with E-state index in [0.29, 0.717) is 18.8 Å². The van der Waals surface area contributed by atoms with Crippen molar-refractivity contribution in [2.24, 2.45) is 0 Å². The molecule has 2 aromatic rings. The molecule has 0 saturated carbocycles. The first-order chi connectivity index (χ1) is 12.5. The molecule has 0 aliphatic carbocycles. The van der Waals surface area contributed by atoms with E-state index < -0.39 is 0 Å². The van der Waals surface area contributed by atoms with Gasteiger partial charge in [0, 0.05) is 24.5 Å². The molecule has 0 spiro atoms. The first-order valence-electron chi connectivity index (χ1n) is 8.14. The van der Waals surface area contributed by atoms with Gasteiger partial charge in [-0.05, 0) is 57.7 Å². The zero-order chi connectivity index (χ0) is 18.7. The van der Waals surface area contributed by atoms with Crippen molar-refractivity contribution < 1.29 is 19.0 Å². The van der Waals surface area contributed by atoms with E-state index in [9.17, 15) is 4.79 Å². The summed E-state index contributed by atoms with van der Waals surface area (Å²) >= 11 is 7.05. The number of rotatable bonds is 6. The van der Waals surface area contributed by atoms with Crippen molar-refractivity contribution in [1.29, 1.82) is 0 Å². The van der Waals surface area contributed by atoms with Gasteiger partial charge in [-0.2, -0.15) is 0 Å². The third-order valence-corrected chi connectivity index (χ3v) is 5.59. The zero-order valence-corrected chi connectivity index (χ0v) is 17.7. The molecule has 7 heteroatoms. The predicted octanol–water partition coefficient (Wildman–Crippen LogP) is 4.54. The van der Waals surface area contributed by atoms with E-state index in [4.69, 9.17) is 14.2 Å². The Labute approximate surface area is 169 Å². The Balaban J connectivity index is 1.70. The van der Waals surface area contributed by atoms with E-state index >= 15 is 0 Å². The number of fused-ring (bicyclic) bond motifs is 1. The van der Waals surface area contributed by atoms with E-state index in [2.05, 4.69) is 31.9 Å². The van der Waals surface area contributed by atoms with E-state index in [1.165, 1.54) is 0 Å². The third-order valence-electron chi connectivity index (χ3n) is 4.23. The number of ether oxygens (including phenoxy) is 3. The van der Waals surface area contributed by atoms with Crippen LogP contribution < -0.4 is 14.2 Å². The maximum atomic E-state index is 12.1. The Bertz CT molecular complexity index is 825. The average molecular weight is 485 g/mol. The van der Waals surface area contributed by atoms with Crippen molar-refractivity contribution in [1.82, 2.24) is 4.90 Å². The van der Waals surface area contributed by atoms with E-state index in [-0.39, 0.29) is 12.7 Å². The van der Waals surface area contributed by atoms with Crippen molar-refractivity contribution in [3.63, 3.8) is 0 Å². The topological polar surface area (TPSA) is 48.0 Å². The Morgan fingerprint density at radius 2 is 1.88 bits per heavy atom. The molecule has 0 saturated heterocycles. The van der Waals surface area contributed by atoms with Gasteiger partial charge < -0.3 is 19.1 Å². The molecule has 138 valence electrons. The van der Waals surface area contributed by atoms with Gasteiger partial charge >= 0.3 is 0 Å². The number of nitrogens with zero attached hydrogens (tertiary/aromatic N) is 1. The van der Waals surface area contributed by atoms with Crippen LogP contribution in [0.1, 0.15) is 18.1 Å². The molecule has 0 radical (unpaired) electrons. The quantitative estimate of drug-likeness (QED) is 0.603. The van der Waals surface area contributed by atoms with Crippen LogP contribution in [0, 0.1) is 0 Å². The summed E-state index contributed by atoms with van der Waals surface area (Å²) in [5.74, 6) is 2.26. The molecule has 5 nitrogen and oxygen atoms in total. The van der Waals surface area contributed by atoms with Gasteiger partial charge in [0.15, 0.2) is 11.5 Å². The van der Waals surface area contributed by atoms with Gasteiger partial charge in [0.2, 0.25) is 12.7 Å². The molecular weight excluding hydrogens is 466 g/mol. The number of carbonyl (C=O) groups excluding carboxylic acids is 1. The smallest absolute Gasteiger partial charge is 0.231 e. The number of halogens is 2. The van der Waals surface area contributed by atoms with Crippen LogP contribution in [-0.2, 0) is 17.8 Å². The molecular formula is C19H19Br2NO4. The predicted molar refractivity (Wildman–Crippen MR) is 106 cm³/mol. The van der Waals surface area contributed by atoms with E-state index in [0.717, 1.165) is 38.0 Å². The molecule has 26 heavy (non-hydrogen) atoms. The second-order valence-corrected chi connectivity index (χ2v) is 7.67. The number of amides is 1. The first kappa shape index (κ1) is 19.0. The summed E-state index contributed by atoms with van der Waals surface area (Å²) in [5.41, 5.74) is 2.12. The number of hydrogen-bond donors (Lipinski definition) is 0. The second-order valence-electron chi connectivity index (χ2n) is 5.96. The minimum Gasteiger partial charge on any atom is -0.496 e. The summed E-state index contributed by atoms with van der Waals surface area (Å²) in [7, 11) is 1.64. The Kier molecular flexibility index (Phi) is 6.09. The number of carbonyl (C=O) groups is 1. The lowest BCUT2D eigenvalue weighted by molar-refractivity contribution is -0.129. The molecule has 0 N–H and O–H groups in total. The third kappa shape index (κ3) is 4.32. The van der Waals surface area contributed by atoms with Gasteiger partial charge in [0.05, 0.1) is 11.6 Å². The van der Waals surface area contributed by atoms with Crippen LogP contribution in [0.5, 0.6) is 17.2 Å². The van der Waals surface area contributed by atoms with E-state index in [1.54, 1.807) is 14.0 Å². The molecule has 1 aliphatic rings. The number of methoxy groups -OCH3 is 1. The molecule has 0 atom stereocenters.